The molecule has 5 rings (SSSR count). The number of hydrogen-bond donors (Lipinski definition) is 1. The van der Waals surface area contributed by atoms with E-state index in [0.29, 0.717) is 24.0 Å². The van der Waals surface area contributed by atoms with Gasteiger partial charge in [-0.25, -0.2) is 9.37 Å². The fourth-order valence-electron chi connectivity index (χ4n) is 5.05. The number of aliphatic carboxylic acids is 1. The summed E-state index contributed by atoms with van der Waals surface area (Å²) in [6.07, 6.45) is 3.98. The number of benzene rings is 2. The van der Waals surface area contributed by atoms with Crippen molar-refractivity contribution in [3.63, 3.8) is 0 Å². The van der Waals surface area contributed by atoms with Gasteiger partial charge in [0.05, 0.1) is 31.9 Å². The zero-order chi connectivity index (χ0) is 23.8. The Labute approximate surface area is 198 Å². The largest absolute Gasteiger partial charge is 0.481 e. The first kappa shape index (κ1) is 22.5. The highest BCUT2D eigenvalue weighted by molar-refractivity contribution is 5.71. The van der Waals surface area contributed by atoms with Gasteiger partial charge >= 0.3 is 5.97 Å². The van der Waals surface area contributed by atoms with E-state index in [1.807, 2.05) is 31.2 Å². The highest BCUT2D eigenvalue weighted by Gasteiger charge is 2.39. The van der Waals surface area contributed by atoms with Crippen molar-refractivity contribution >= 4 is 5.97 Å². The van der Waals surface area contributed by atoms with Gasteiger partial charge < -0.3 is 14.6 Å². The second-order valence-electron chi connectivity index (χ2n) is 9.35. The van der Waals surface area contributed by atoms with Gasteiger partial charge in [-0.2, -0.15) is 0 Å². The van der Waals surface area contributed by atoms with Crippen LogP contribution in [0.25, 0.3) is 11.1 Å². The Morgan fingerprint density at radius 2 is 1.91 bits per heavy atom. The molecule has 0 radical (unpaired) electrons. The number of fused-ring (bicyclic) bond motifs is 1. The van der Waals surface area contributed by atoms with E-state index in [2.05, 4.69) is 23.2 Å². The molecule has 1 fully saturated rings. The molecule has 0 bridgehead atoms. The molecule has 6 heteroatoms. The lowest BCUT2D eigenvalue weighted by Gasteiger charge is -2.28. The topological polar surface area (TPSA) is 68.7 Å². The molecule has 0 amide bonds. The van der Waals surface area contributed by atoms with E-state index in [0.717, 1.165) is 41.5 Å². The molecule has 34 heavy (non-hydrogen) atoms. The first-order chi connectivity index (χ1) is 16.4. The maximum atomic E-state index is 14.3. The van der Waals surface area contributed by atoms with Crippen LogP contribution in [0.15, 0.2) is 54.7 Å². The van der Waals surface area contributed by atoms with Gasteiger partial charge in [0, 0.05) is 18.1 Å². The summed E-state index contributed by atoms with van der Waals surface area (Å²) < 4.78 is 25.6. The van der Waals surface area contributed by atoms with Crippen LogP contribution in [-0.2, 0) is 22.6 Å². The van der Waals surface area contributed by atoms with Gasteiger partial charge in [-0.1, -0.05) is 49.4 Å². The zero-order valence-corrected chi connectivity index (χ0v) is 19.3. The molecule has 1 aromatic heterocycles. The van der Waals surface area contributed by atoms with Crippen molar-refractivity contribution in [1.29, 1.82) is 0 Å². The summed E-state index contributed by atoms with van der Waals surface area (Å²) in [4.78, 5) is 15.6. The molecule has 1 aliphatic heterocycles. The molecule has 1 N–H and O–H groups in total. The number of aromatic nitrogens is 1. The lowest BCUT2D eigenvalue weighted by Crippen LogP contribution is -2.22. The number of pyridine rings is 1. The van der Waals surface area contributed by atoms with Crippen molar-refractivity contribution < 1.29 is 23.8 Å². The van der Waals surface area contributed by atoms with Gasteiger partial charge in [-0.05, 0) is 52.5 Å². The van der Waals surface area contributed by atoms with Crippen molar-refractivity contribution in [1.82, 2.24) is 4.98 Å². The number of carboxylic acid groups (broad SMARTS) is 1. The van der Waals surface area contributed by atoms with E-state index >= 15 is 0 Å². The Balaban J connectivity index is 1.37. The molecular weight excluding hydrogens is 433 g/mol. The summed E-state index contributed by atoms with van der Waals surface area (Å²) in [7, 11) is 1.51. The average Bonchev–Trinajstić information content (AvgIpc) is 3.69. The van der Waals surface area contributed by atoms with Crippen LogP contribution in [0, 0.1) is 17.7 Å². The van der Waals surface area contributed by atoms with Gasteiger partial charge in [-0.15, -0.1) is 0 Å². The Hall–Kier alpha value is -3.25. The number of rotatable bonds is 7. The van der Waals surface area contributed by atoms with E-state index in [1.165, 1.54) is 18.9 Å². The molecule has 1 unspecified atom stereocenters. The van der Waals surface area contributed by atoms with Crippen LogP contribution in [0.5, 0.6) is 5.88 Å². The van der Waals surface area contributed by atoms with Gasteiger partial charge in [-0.3, -0.25) is 4.79 Å². The number of halogens is 1. The van der Waals surface area contributed by atoms with Crippen LogP contribution in [0.1, 0.15) is 54.0 Å². The summed E-state index contributed by atoms with van der Waals surface area (Å²) in [6.45, 7) is 2.33. The normalized spacial score (nSPS) is 19.2. The number of nitrogens with zero attached hydrogens (tertiary/aromatic N) is 1. The van der Waals surface area contributed by atoms with Crippen molar-refractivity contribution in [2.75, 3.05) is 7.11 Å². The van der Waals surface area contributed by atoms with Crippen molar-refractivity contribution in [3.8, 4) is 17.0 Å². The maximum Gasteiger partial charge on any atom is 0.306 e. The molecule has 176 valence electrons. The predicted molar refractivity (Wildman–Crippen MR) is 126 cm³/mol. The third-order valence-corrected chi connectivity index (χ3v) is 7.15. The first-order valence-corrected chi connectivity index (χ1v) is 11.7. The predicted octanol–water partition coefficient (Wildman–Crippen LogP) is 5.92. The van der Waals surface area contributed by atoms with Crippen LogP contribution >= 0.6 is 0 Å². The minimum atomic E-state index is -0.737. The fraction of sp³-hybridized carbons (Fsp3) is 0.357. The van der Waals surface area contributed by atoms with Crippen molar-refractivity contribution in [3.05, 3.63) is 82.8 Å². The fourth-order valence-corrected chi connectivity index (χ4v) is 5.05. The molecule has 2 heterocycles. The summed E-state index contributed by atoms with van der Waals surface area (Å²) >= 11 is 0. The Kier molecular flexibility index (Phi) is 6.09. The van der Waals surface area contributed by atoms with Crippen LogP contribution in [0.4, 0.5) is 4.39 Å². The molecular formula is C28H28FNO4. The molecule has 3 aromatic rings. The third kappa shape index (κ3) is 4.42. The summed E-state index contributed by atoms with van der Waals surface area (Å²) in [5, 5.41) is 9.62. The third-order valence-electron chi connectivity index (χ3n) is 7.15. The molecule has 1 saturated carbocycles. The highest BCUT2D eigenvalue weighted by Crippen LogP contribution is 2.47. The Morgan fingerprint density at radius 3 is 2.59 bits per heavy atom. The van der Waals surface area contributed by atoms with Crippen LogP contribution in [0.3, 0.4) is 0 Å². The van der Waals surface area contributed by atoms with E-state index in [9.17, 15) is 14.3 Å². The van der Waals surface area contributed by atoms with Gasteiger partial charge in [0.1, 0.15) is 5.82 Å². The highest BCUT2D eigenvalue weighted by atomic mass is 19.1. The monoisotopic (exact) mass is 461 g/mol. The van der Waals surface area contributed by atoms with Crippen molar-refractivity contribution in [2.45, 2.75) is 44.8 Å². The lowest BCUT2D eigenvalue weighted by molar-refractivity contribution is -0.142. The number of methoxy groups -OCH3 is 1. The molecule has 2 aromatic carbocycles. The molecule has 0 spiro atoms. The van der Waals surface area contributed by atoms with E-state index < -0.39 is 17.7 Å². The summed E-state index contributed by atoms with van der Waals surface area (Å²) in [6, 6.07) is 15.7. The molecule has 0 saturated heterocycles. The first-order valence-electron chi connectivity index (χ1n) is 11.7. The number of ether oxygens (including phenoxy) is 2. The van der Waals surface area contributed by atoms with Gasteiger partial charge in [0.2, 0.25) is 5.88 Å². The quantitative estimate of drug-likeness (QED) is 0.473. The number of hydrogen-bond acceptors (Lipinski definition) is 4. The lowest BCUT2D eigenvalue weighted by atomic mass is 9.81. The van der Waals surface area contributed by atoms with Crippen LogP contribution in [0.2, 0.25) is 0 Å². The number of carboxylic acids is 1. The van der Waals surface area contributed by atoms with Gasteiger partial charge in [0.15, 0.2) is 0 Å². The molecule has 1 aliphatic carbocycles. The average molecular weight is 462 g/mol. The summed E-state index contributed by atoms with van der Waals surface area (Å²) in [5.41, 5.74) is 5.70. The van der Waals surface area contributed by atoms with E-state index in [-0.39, 0.29) is 12.0 Å². The number of carbonyl (C=O) groups is 1. The molecule has 2 aliphatic rings. The molecule has 3 atom stereocenters. The molecule has 5 nitrogen and oxygen atoms in total. The standard InChI is InChI=1S/C28H28FNO4/c1-16(28(31)32)27(19-7-8-19)20-9-10-21-15-34-25(12-22(21)11-20)18-5-3-17(4-6-18)23-13-26(33-2)30-14-24(23)29/h3-6,9-11,13-14,16,19,25,27H,7-8,12,15H2,1-2H3,(H,31,32)/t16-,25?,27-/m0/s1. The minimum Gasteiger partial charge on any atom is -0.481 e. The van der Waals surface area contributed by atoms with Crippen LogP contribution < -0.4 is 4.74 Å². The second kappa shape index (κ2) is 9.18. The smallest absolute Gasteiger partial charge is 0.306 e. The van der Waals surface area contributed by atoms with E-state index in [1.54, 1.807) is 6.07 Å². The maximum absolute atomic E-state index is 14.3. The Bertz CT molecular complexity index is 1210. The zero-order valence-electron chi connectivity index (χ0n) is 19.3. The summed E-state index contributed by atoms with van der Waals surface area (Å²) in [5.74, 6) is -0.662. The van der Waals surface area contributed by atoms with Gasteiger partial charge in [0.25, 0.3) is 0 Å². The van der Waals surface area contributed by atoms with Crippen LogP contribution in [-0.4, -0.2) is 23.2 Å². The SMILES string of the molecule is COc1cc(-c2ccc(C3Cc4cc([C@H](C5CC5)[C@H](C)C(=O)O)ccc4CO3)cc2)c(F)cn1. The van der Waals surface area contributed by atoms with E-state index in [4.69, 9.17) is 9.47 Å². The van der Waals surface area contributed by atoms with Crippen molar-refractivity contribution in [2.24, 2.45) is 11.8 Å². The Morgan fingerprint density at radius 1 is 1.15 bits per heavy atom. The second-order valence-corrected chi connectivity index (χ2v) is 9.35. The minimum absolute atomic E-state index is 0.0515.